The van der Waals surface area contributed by atoms with E-state index < -0.39 is 65.2 Å². The second-order valence-corrected chi connectivity index (χ2v) is 11.8. The number of hydrogen-bond donors (Lipinski definition) is 6. The highest BCUT2D eigenvalue weighted by Gasteiger charge is 2.68. The van der Waals surface area contributed by atoms with Crippen molar-refractivity contribution in [3.63, 3.8) is 0 Å². The number of aliphatic hydroxyl groups is 1. The topological polar surface area (TPSA) is 253 Å². The summed E-state index contributed by atoms with van der Waals surface area (Å²) in [4.78, 5) is 62.2. The molecule has 1 aromatic heterocycles. The fourth-order valence-corrected chi connectivity index (χ4v) is 6.46. The third-order valence-corrected chi connectivity index (χ3v) is 8.64. The molecule has 6 N–H and O–H groups in total. The summed E-state index contributed by atoms with van der Waals surface area (Å²) in [5, 5.41) is 10.5. The van der Waals surface area contributed by atoms with E-state index in [4.69, 9.17) is 19.3 Å². The van der Waals surface area contributed by atoms with Crippen molar-refractivity contribution < 1.29 is 61.0 Å². The van der Waals surface area contributed by atoms with E-state index in [1.807, 2.05) is 0 Å². The molecule has 192 valence electrons. The first-order valence-corrected chi connectivity index (χ1v) is 13.8. The van der Waals surface area contributed by atoms with Crippen LogP contribution in [0.5, 0.6) is 0 Å². The van der Waals surface area contributed by atoms with Gasteiger partial charge in [0.25, 0.3) is 5.56 Å². The number of phosphoric acid groups is 3. The number of H-pyrrole nitrogens is 1. The second-order valence-electron chi connectivity index (χ2n) is 7.35. The zero-order valence-corrected chi connectivity index (χ0v) is 19.9. The molecule has 2 heterocycles. The lowest BCUT2D eigenvalue weighted by molar-refractivity contribution is -0.0917. The second kappa shape index (κ2) is 9.64. The van der Waals surface area contributed by atoms with E-state index in [1.54, 1.807) is 0 Å². The number of hydrogen-bond acceptors (Lipinski definition) is 11. The van der Waals surface area contributed by atoms with Crippen molar-refractivity contribution in [2.24, 2.45) is 5.92 Å². The summed E-state index contributed by atoms with van der Waals surface area (Å²) in [6, 6.07) is 0. The summed E-state index contributed by atoms with van der Waals surface area (Å²) in [5.41, 5.74) is -2.94. The van der Waals surface area contributed by atoms with Gasteiger partial charge in [0, 0.05) is 19.2 Å². The van der Waals surface area contributed by atoms with Crippen molar-refractivity contribution in [3.8, 4) is 0 Å². The third kappa shape index (κ3) is 6.47. The average Bonchev–Trinajstić information content (AvgIpc) is 3.31. The molecule has 0 radical (unpaired) electrons. The molecule has 0 amide bonds. The van der Waals surface area contributed by atoms with Gasteiger partial charge in [-0.15, -0.1) is 0 Å². The molecule has 1 saturated heterocycles. The molecule has 20 heteroatoms. The molecule has 1 aromatic rings. The van der Waals surface area contributed by atoms with Gasteiger partial charge in [-0.2, -0.15) is 8.62 Å². The Balaban J connectivity index is 1.72. The number of aromatic nitrogens is 2. The minimum absolute atomic E-state index is 0.0512. The fraction of sp³-hybridized carbons (Fsp3) is 0.571. The Bertz CT molecular complexity index is 1220. The molecule has 0 bridgehead atoms. The molecule has 1 saturated carbocycles. The molecule has 0 spiro atoms. The lowest BCUT2D eigenvalue weighted by atomic mass is 10.2. The first-order valence-electron chi connectivity index (χ1n) is 9.23. The van der Waals surface area contributed by atoms with Crippen LogP contribution in [0.1, 0.15) is 18.2 Å². The van der Waals surface area contributed by atoms with Gasteiger partial charge in [0.2, 0.25) is 0 Å². The van der Waals surface area contributed by atoms with Gasteiger partial charge in [0.15, 0.2) is 6.23 Å². The minimum atomic E-state index is -5.69. The molecule has 0 aromatic carbocycles. The summed E-state index contributed by atoms with van der Waals surface area (Å²) < 4.78 is 57.3. The van der Waals surface area contributed by atoms with Gasteiger partial charge in [-0.05, 0) is 12.5 Å². The number of aliphatic hydroxyl groups excluding tert-OH is 1. The Labute approximate surface area is 190 Å². The number of fused-ring (bicyclic) bond motifs is 1. The van der Waals surface area contributed by atoms with Crippen molar-refractivity contribution in [3.05, 3.63) is 38.7 Å². The number of ether oxygens (including phenoxy) is 2. The highest BCUT2D eigenvalue weighted by molar-refractivity contribution is 7.66. The van der Waals surface area contributed by atoms with Crippen LogP contribution in [0.15, 0.2) is 21.9 Å². The highest BCUT2D eigenvalue weighted by atomic mass is 31.3. The summed E-state index contributed by atoms with van der Waals surface area (Å²) in [6.07, 6.45) is 1.52. The van der Waals surface area contributed by atoms with Crippen molar-refractivity contribution in [1.82, 2.24) is 9.55 Å². The Morgan fingerprint density at radius 1 is 1.21 bits per heavy atom. The number of rotatable bonds is 11. The van der Waals surface area contributed by atoms with E-state index in [1.165, 1.54) is 19.3 Å². The fourth-order valence-electron chi connectivity index (χ4n) is 3.39. The zero-order chi connectivity index (χ0) is 25.5. The largest absolute Gasteiger partial charge is 0.490 e. The van der Waals surface area contributed by atoms with Crippen LogP contribution in [0, 0.1) is 5.92 Å². The van der Waals surface area contributed by atoms with E-state index in [0.29, 0.717) is 0 Å². The van der Waals surface area contributed by atoms with Gasteiger partial charge in [-0.1, -0.05) is 6.08 Å². The Hall–Kier alpha value is -1.29. The van der Waals surface area contributed by atoms with Gasteiger partial charge < -0.3 is 34.2 Å². The number of aromatic amines is 1. The van der Waals surface area contributed by atoms with Gasteiger partial charge in [0.05, 0.1) is 18.8 Å². The summed E-state index contributed by atoms with van der Waals surface area (Å²) in [7, 11) is -15.2. The predicted molar refractivity (Wildman–Crippen MR) is 109 cm³/mol. The van der Waals surface area contributed by atoms with E-state index in [2.05, 4.69) is 18.1 Å². The number of methoxy groups -OCH3 is 1. The molecular weight excluding hydrogens is 529 g/mol. The lowest BCUT2D eigenvalue weighted by Crippen LogP contribution is -2.38. The van der Waals surface area contributed by atoms with Crippen molar-refractivity contribution in [2.45, 2.75) is 24.4 Å². The number of nitrogens with zero attached hydrogens (tertiary/aromatic N) is 1. The maximum absolute atomic E-state index is 12.3. The lowest BCUT2D eigenvalue weighted by Gasteiger charge is -2.23. The van der Waals surface area contributed by atoms with Crippen LogP contribution in [-0.2, 0) is 36.3 Å². The van der Waals surface area contributed by atoms with Gasteiger partial charge in [-0.3, -0.25) is 18.9 Å². The van der Waals surface area contributed by atoms with E-state index in [0.717, 1.165) is 10.8 Å². The molecule has 6 atom stereocenters. The predicted octanol–water partition coefficient (Wildman–Crippen LogP) is -0.812. The molecule has 2 aliphatic rings. The molecule has 6 unspecified atom stereocenters. The number of phosphoric ester groups is 1. The molecule has 1 aliphatic heterocycles. The van der Waals surface area contributed by atoms with E-state index in [-0.39, 0.29) is 18.6 Å². The Morgan fingerprint density at radius 3 is 2.50 bits per heavy atom. The summed E-state index contributed by atoms with van der Waals surface area (Å²) >= 11 is 0. The van der Waals surface area contributed by atoms with Crippen LogP contribution < -0.4 is 11.2 Å². The molecular formula is C14H21N2O15P3. The molecule has 1 aliphatic carbocycles. The van der Waals surface area contributed by atoms with Crippen molar-refractivity contribution >= 4 is 29.5 Å². The van der Waals surface area contributed by atoms with Crippen molar-refractivity contribution in [1.29, 1.82) is 0 Å². The summed E-state index contributed by atoms with van der Waals surface area (Å²) in [6.45, 7) is -0.583. The van der Waals surface area contributed by atoms with Crippen LogP contribution in [0.3, 0.4) is 0 Å². The van der Waals surface area contributed by atoms with Crippen LogP contribution >= 0.6 is 23.5 Å². The molecule has 34 heavy (non-hydrogen) atoms. The quantitative estimate of drug-likeness (QED) is 0.184. The average molecular weight is 550 g/mol. The smallest absolute Gasteiger partial charge is 0.388 e. The Kier molecular flexibility index (Phi) is 7.74. The Morgan fingerprint density at radius 2 is 1.88 bits per heavy atom. The van der Waals surface area contributed by atoms with E-state index >= 15 is 0 Å². The maximum atomic E-state index is 12.3. The first-order chi connectivity index (χ1) is 15.6. The van der Waals surface area contributed by atoms with Gasteiger partial charge >= 0.3 is 29.2 Å². The first kappa shape index (κ1) is 27.3. The van der Waals surface area contributed by atoms with Crippen LogP contribution in [-0.4, -0.2) is 66.3 Å². The maximum Gasteiger partial charge on any atom is 0.490 e. The van der Waals surface area contributed by atoms with Crippen molar-refractivity contribution in [2.75, 3.05) is 20.3 Å². The number of nitrogens with one attached hydrogen (secondary N) is 1. The summed E-state index contributed by atoms with van der Waals surface area (Å²) in [5.74, 6) is -0.684. The van der Waals surface area contributed by atoms with Gasteiger partial charge in [0.1, 0.15) is 11.7 Å². The van der Waals surface area contributed by atoms with E-state index in [9.17, 15) is 38.2 Å². The third-order valence-electron chi connectivity index (χ3n) is 4.86. The monoisotopic (exact) mass is 550 g/mol. The molecule has 3 rings (SSSR count). The van der Waals surface area contributed by atoms with Crippen LogP contribution in [0.2, 0.25) is 0 Å². The zero-order valence-electron chi connectivity index (χ0n) is 17.2. The van der Waals surface area contributed by atoms with Gasteiger partial charge in [-0.25, -0.2) is 18.5 Å². The standard InChI is InChI=1S/C14H21N2O15P3/c1-27-4-2-3-8-6-16(13(19)15-11(8)18)12-10(17)9-5-14(9,29-12)7-28-33(23,24)31-34(25,26)30-32(20,21)22/h2-3,6,9-10,12,17H,4-5,7H2,1H3,(H,23,24)(H,25,26)(H,15,18,19)(H2,20,21,22). The molecule has 2 fully saturated rings. The highest BCUT2D eigenvalue weighted by Crippen LogP contribution is 2.67. The normalized spacial score (nSPS) is 30.1. The SMILES string of the molecule is COCC=Cc1cn(C2OC3(COP(=O)(O)OP(=O)(O)OP(=O)(O)O)CC3C2O)c(=O)[nH]c1=O. The molecule has 17 nitrogen and oxygen atoms in total. The van der Waals surface area contributed by atoms with Crippen LogP contribution in [0.4, 0.5) is 0 Å². The van der Waals surface area contributed by atoms with Crippen LogP contribution in [0.25, 0.3) is 6.08 Å². The minimum Gasteiger partial charge on any atom is -0.388 e.